The van der Waals surface area contributed by atoms with Crippen LogP contribution in [0.15, 0.2) is 27.8 Å². The number of guanidine groups is 1. The zero-order valence-corrected chi connectivity index (χ0v) is 18.3. The van der Waals surface area contributed by atoms with Crippen molar-refractivity contribution in [1.82, 2.24) is 9.91 Å². The molecule has 166 valence electrons. The number of hydrogen-bond donors (Lipinski definition) is 1. The fraction of sp³-hybridized carbons (Fsp3) is 0.421. The molecule has 1 aromatic carbocycles. The Morgan fingerprint density at radius 3 is 2.77 bits per heavy atom. The molecule has 3 rings (SSSR count). The highest BCUT2D eigenvalue weighted by molar-refractivity contribution is 6.37. The molecule has 1 aromatic rings. The minimum atomic E-state index is -0.850. The van der Waals surface area contributed by atoms with Gasteiger partial charge in [-0.2, -0.15) is 5.10 Å². The van der Waals surface area contributed by atoms with Gasteiger partial charge >= 0.3 is 5.97 Å². The van der Waals surface area contributed by atoms with Gasteiger partial charge in [0.15, 0.2) is 0 Å². The van der Waals surface area contributed by atoms with Crippen LogP contribution < -0.4 is 0 Å². The second kappa shape index (κ2) is 9.97. The van der Waals surface area contributed by atoms with E-state index in [0.717, 1.165) is 44.3 Å². The number of aliphatic hydroxyl groups excluding tert-OH is 1. The molecule has 2 aliphatic rings. The Balaban J connectivity index is 2.03. The van der Waals surface area contributed by atoms with Crippen molar-refractivity contribution in [1.29, 1.82) is 0 Å². The molecule has 0 aliphatic carbocycles. The van der Waals surface area contributed by atoms with Crippen molar-refractivity contribution in [3.8, 4) is 0 Å². The van der Waals surface area contributed by atoms with Crippen LogP contribution in [0.2, 0.25) is 10.0 Å². The predicted molar refractivity (Wildman–Crippen MR) is 118 cm³/mol. The van der Waals surface area contributed by atoms with Gasteiger partial charge in [-0.05, 0) is 25.8 Å². The molecule has 10 nitrogen and oxygen atoms in total. The van der Waals surface area contributed by atoms with Gasteiger partial charge in [0.2, 0.25) is 5.96 Å². The highest BCUT2D eigenvalue weighted by atomic mass is 35.5. The van der Waals surface area contributed by atoms with Gasteiger partial charge in [0.1, 0.15) is 16.4 Å². The van der Waals surface area contributed by atoms with E-state index in [1.165, 1.54) is 0 Å². The third-order valence-corrected chi connectivity index (χ3v) is 5.33. The molecule has 2 heterocycles. The maximum atomic E-state index is 12.5. The molecule has 0 aromatic heterocycles. The SMILES string of the molecule is CCOC(=O)C(/C=N/N1CCCN2CCCN=C21)=C(\O)c1cc([N+](=O)[O-])c(Cl)cc1Cl. The molecule has 0 spiro atoms. The van der Waals surface area contributed by atoms with Gasteiger partial charge in [-0.3, -0.25) is 15.1 Å². The van der Waals surface area contributed by atoms with E-state index in [9.17, 15) is 20.0 Å². The van der Waals surface area contributed by atoms with Crippen LogP contribution in [0, 0.1) is 10.1 Å². The van der Waals surface area contributed by atoms with Crippen molar-refractivity contribution in [2.24, 2.45) is 10.1 Å². The molecular weight excluding hydrogens is 449 g/mol. The number of esters is 1. The summed E-state index contributed by atoms with van der Waals surface area (Å²) in [5.41, 5.74) is -0.896. The molecule has 1 N–H and O–H groups in total. The molecule has 0 bridgehead atoms. The number of aliphatic imine (C=N–C) groups is 1. The van der Waals surface area contributed by atoms with Gasteiger partial charge < -0.3 is 14.7 Å². The van der Waals surface area contributed by atoms with Crippen molar-refractivity contribution >= 4 is 52.8 Å². The molecule has 0 unspecified atom stereocenters. The Morgan fingerprint density at radius 2 is 2.06 bits per heavy atom. The first-order valence-corrected chi connectivity index (χ1v) is 10.4. The first kappa shape index (κ1) is 22.8. The van der Waals surface area contributed by atoms with Crippen molar-refractivity contribution in [2.75, 3.05) is 32.8 Å². The van der Waals surface area contributed by atoms with Crippen LogP contribution in [-0.2, 0) is 9.53 Å². The summed E-state index contributed by atoms with van der Waals surface area (Å²) in [6.07, 6.45) is 2.98. The summed E-state index contributed by atoms with van der Waals surface area (Å²) < 4.78 is 5.02. The number of halogens is 2. The number of fused-ring (bicyclic) bond motifs is 1. The van der Waals surface area contributed by atoms with E-state index in [-0.39, 0.29) is 27.8 Å². The Morgan fingerprint density at radius 1 is 1.32 bits per heavy atom. The number of benzene rings is 1. The Hall–Kier alpha value is -2.85. The van der Waals surface area contributed by atoms with Crippen molar-refractivity contribution < 1.29 is 19.6 Å². The van der Waals surface area contributed by atoms with E-state index in [1.807, 2.05) is 0 Å². The van der Waals surface area contributed by atoms with Crippen LogP contribution in [0.1, 0.15) is 25.3 Å². The van der Waals surface area contributed by atoms with Crippen LogP contribution in [0.3, 0.4) is 0 Å². The van der Waals surface area contributed by atoms with Crippen molar-refractivity contribution in [2.45, 2.75) is 19.8 Å². The van der Waals surface area contributed by atoms with Gasteiger partial charge in [-0.15, -0.1) is 0 Å². The highest BCUT2D eigenvalue weighted by Gasteiger charge is 2.27. The number of ether oxygens (including phenoxy) is 1. The summed E-state index contributed by atoms with van der Waals surface area (Å²) in [5.74, 6) is -0.750. The van der Waals surface area contributed by atoms with E-state index >= 15 is 0 Å². The number of nitro benzene ring substituents is 1. The first-order valence-electron chi connectivity index (χ1n) is 9.68. The predicted octanol–water partition coefficient (Wildman–Crippen LogP) is 3.49. The molecule has 2 aliphatic heterocycles. The quantitative estimate of drug-likeness (QED) is 0.169. The summed E-state index contributed by atoms with van der Waals surface area (Å²) in [4.78, 5) is 29.6. The number of aliphatic hydroxyl groups is 1. The summed E-state index contributed by atoms with van der Waals surface area (Å²) in [5, 5.41) is 27.7. The number of carbonyl (C=O) groups is 1. The fourth-order valence-corrected chi connectivity index (χ4v) is 3.81. The van der Waals surface area contributed by atoms with Crippen LogP contribution in [0.4, 0.5) is 5.69 Å². The number of carbonyl (C=O) groups excluding carboxylic acids is 1. The molecule has 1 saturated heterocycles. The number of hydrazone groups is 1. The summed E-state index contributed by atoms with van der Waals surface area (Å²) >= 11 is 12.0. The maximum Gasteiger partial charge on any atom is 0.343 e. The van der Waals surface area contributed by atoms with E-state index in [4.69, 9.17) is 27.9 Å². The molecular formula is C19H21Cl2N5O5. The molecule has 1 fully saturated rings. The third kappa shape index (κ3) is 5.08. The van der Waals surface area contributed by atoms with E-state index < -0.39 is 22.3 Å². The maximum absolute atomic E-state index is 12.5. The van der Waals surface area contributed by atoms with Crippen molar-refractivity contribution in [3.05, 3.63) is 43.4 Å². The van der Waals surface area contributed by atoms with Gasteiger partial charge in [0.05, 0.1) is 22.8 Å². The zero-order chi connectivity index (χ0) is 22.5. The van der Waals surface area contributed by atoms with Gasteiger partial charge in [-0.1, -0.05) is 23.2 Å². The monoisotopic (exact) mass is 469 g/mol. The van der Waals surface area contributed by atoms with E-state index in [1.54, 1.807) is 11.9 Å². The summed E-state index contributed by atoms with van der Waals surface area (Å²) in [6, 6.07) is 2.13. The van der Waals surface area contributed by atoms with Crippen LogP contribution >= 0.6 is 23.2 Å². The summed E-state index contributed by atoms with van der Waals surface area (Å²) in [6.45, 7) is 4.70. The Labute approximate surface area is 188 Å². The number of hydrogen-bond acceptors (Lipinski definition) is 9. The average Bonchev–Trinajstić information content (AvgIpc) is 2.73. The lowest BCUT2D eigenvalue weighted by atomic mass is 10.1. The second-order valence-corrected chi connectivity index (χ2v) is 7.58. The molecule has 31 heavy (non-hydrogen) atoms. The normalized spacial score (nSPS) is 17.2. The molecule has 0 amide bonds. The highest BCUT2D eigenvalue weighted by Crippen LogP contribution is 2.34. The van der Waals surface area contributed by atoms with Gasteiger partial charge in [0.25, 0.3) is 5.69 Å². The van der Waals surface area contributed by atoms with Gasteiger partial charge in [-0.25, -0.2) is 9.80 Å². The lowest BCUT2D eigenvalue weighted by Gasteiger charge is -2.38. The standard InChI is InChI=1S/C19H21Cl2N5O5/c1-2-31-18(28)13(11-23-25-8-4-7-24-6-3-5-22-19(24)25)17(27)12-9-16(26(29)30)15(21)10-14(12)20/h9-11,27H,2-8H2,1H3/b17-13-,23-11+. The smallest absolute Gasteiger partial charge is 0.343 e. The Kier molecular flexibility index (Phi) is 7.34. The minimum Gasteiger partial charge on any atom is -0.506 e. The van der Waals surface area contributed by atoms with Crippen LogP contribution in [0.5, 0.6) is 0 Å². The molecule has 0 radical (unpaired) electrons. The number of nitrogens with zero attached hydrogens (tertiary/aromatic N) is 5. The molecule has 12 heteroatoms. The zero-order valence-electron chi connectivity index (χ0n) is 16.8. The second-order valence-electron chi connectivity index (χ2n) is 6.77. The third-order valence-electron chi connectivity index (χ3n) is 4.72. The molecule has 0 atom stereocenters. The van der Waals surface area contributed by atoms with Crippen LogP contribution in [-0.4, -0.2) is 70.9 Å². The first-order chi connectivity index (χ1) is 14.8. The van der Waals surface area contributed by atoms with E-state index in [0.29, 0.717) is 19.0 Å². The van der Waals surface area contributed by atoms with E-state index in [2.05, 4.69) is 15.0 Å². The van der Waals surface area contributed by atoms with Crippen molar-refractivity contribution in [3.63, 3.8) is 0 Å². The minimum absolute atomic E-state index is 0.0577. The number of nitro groups is 1. The molecule has 0 saturated carbocycles. The van der Waals surface area contributed by atoms with Crippen LogP contribution in [0.25, 0.3) is 5.76 Å². The number of rotatable bonds is 6. The Bertz CT molecular complexity index is 979. The summed E-state index contributed by atoms with van der Waals surface area (Å²) in [7, 11) is 0. The van der Waals surface area contributed by atoms with Gasteiger partial charge in [0, 0.05) is 37.8 Å². The topological polar surface area (TPSA) is 121 Å². The lowest BCUT2D eigenvalue weighted by Crippen LogP contribution is -2.50. The average molecular weight is 470 g/mol. The lowest BCUT2D eigenvalue weighted by molar-refractivity contribution is -0.384. The fourth-order valence-electron chi connectivity index (χ4n) is 3.27. The largest absolute Gasteiger partial charge is 0.506 e.